The third-order valence-corrected chi connectivity index (χ3v) is 4.27. The summed E-state index contributed by atoms with van der Waals surface area (Å²) in [7, 11) is 1.69. The Bertz CT molecular complexity index is 947. The summed E-state index contributed by atoms with van der Waals surface area (Å²) < 4.78 is 24.4. The van der Waals surface area contributed by atoms with Crippen molar-refractivity contribution in [1.82, 2.24) is 25.8 Å². The van der Waals surface area contributed by atoms with Crippen molar-refractivity contribution < 1.29 is 13.7 Å². The molecule has 9 heteroatoms. The first-order valence-corrected chi connectivity index (χ1v) is 9.78. The minimum Gasteiger partial charge on any atom is -0.489 e. The molecule has 0 aliphatic carbocycles. The monoisotopic (exact) mass is 412 g/mol. The summed E-state index contributed by atoms with van der Waals surface area (Å²) in [4.78, 5) is 12.8. The highest BCUT2D eigenvalue weighted by molar-refractivity contribution is 5.79. The molecule has 0 saturated carbocycles. The van der Waals surface area contributed by atoms with Crippen LogP contribution in [0.1, 0.15) is 19.2 Å². The molecular formula is C21H25FN6O2. The zero-order chi connectivity index (χ0) is 21.2. The lowest BCUT2D eigenvalue weighted by Gasteiger charge is -2.20. The maximum absolute atomic E-state index is 13.3. The van der Waals surface area contributed by atoms with Crippen LogP contribution >= 0.6 is 0 Å². The Morgan fingerprint density at radius 2 is 2.13 bits per heavy atom. The van der Waals surface area contributed by atoms with Gasteiger partial charge in [-0.15, -0.1) is 0 Å². The Morgan fingerprint density at radius 3 is 2.87 bits per heavy atom. The lowest BCUT2D eigenvalue weighted by molar-refractivity contribution is 0.199. The number of hydrogen-bond acceptors (Lipinski definition) is 6. The molecule has 0 saturated heterocycles. The summed E-state index contributed by atoms with van der Waals surface area (Å²) in [6.45, 7) is 3.11. The van der Waals surface area contributed by atoms with Crippen LogP contribution in [-0.4, -0.2) is 47.3 Å². The second kappa shape index (κ2) is 10.9. The largest absolute Gasteiger partial charge is 0.489 e. The zero-order valence-corrected chi connectivity index (χ0v) is 17.0. The van der Waals surface area contributed by atoms with E-state index in [1.54, 1.807) is 25.4 Å². The number of nitrogens with zero attached hydrogens (tertiary/aromatic N) is 4. The highest BCUT2D eigenvalue weighted by atomic mass is 19.1. The van der Waals surface area contributed by atoms with Crippen LogP contribution in [0.2, 0.25) is 0 Å². The lowest BCUT2D eigenvalue weighted by Crippen LogP contribution is -2.43. The molecule has 1 atom stereocenters. The van der Waals surface area contributed by atoms with Crippen LogP contribution in [0.4, 0.5) is 4.39 Å². The minimum atomic E-state index is -0.319. The molecule has 158 valence electrons. The van der Waals surface area contributed by atoms with E-state index >= 15 is 0 Å². The molecule has 2 aromatic heterocycles. The number of hydrogen-bond donors (Lipinski definition) is 2. The van der Waals surface area contributed by atoms with Gasteiger partial charge in [0.05, 0.1) is 6.54 Å². The number of ether oxygens (including phenoxy) is 1. The SMILES string of the molecule is CCC(CNC(=NC)NCCc1noc(-c2ccccn2)n1)Oc1cccc(F)c1. The molecule has 1 unspecified atom stereocenters. The number of aromatic nitrogens is 3. The first kappa shape index (κ1) is 21.2. The van der Waals surface area contributed by atoms with Crippen molar-refractivity contribution in [3.05, 3.63) is 60.3 Å². The van der Waals surface area contributed by atoms with Gasteiger partial charge in [0.2, 0.25) is 0 Å². The van der Waals surface area contributed by atoms with Gasteiger partial charge in [-0.3, -0.25) is 9.98 Å². The Balaban J connectivity index is 1.44. The van der Waals surface area contributed by atoms with Crippen molar-refractivity contribution in [1.29, 1.82) is 0 Å². The van der Waals surface area contributed by atoms with Gasteiger partial charge in [-0.05, 0) is 30.7 Å². The van der Waals surface area contributed by atoms with Crippen LogP contribution in [0.25, 0.3) is 11.6 Å². The average molecular weight is 412 g/mol. The van der Waals surface area contributed by atoms with Gasteiger partial charge < -0.3 is 19.9 Å². The van der Waals surface area contributed by atoms with Crippen molar-refractivity contribution in [2.24, 2.45) is 4.99 Å². The molecule has 2 N–H and O–H groups in total. The van der Waals surface area contributed by atoms with Crippen molar-refractivity contribution in [2.45, 2.75) is 25.9 Å². The smallest absolute Gasteiger partial charge is 0.276 e. The Labute approximate surface area is 174 Å². The van der Waals surface area contributed by atoms with Crippen LogP contribution in [0.15, 0.2) is 58.2 Å². The standard InChI is InChI=1S/C21H25FN6O2/c1-3-16(29-17-8-6-7-15(22)13-17)14-26-21(23-2)25-12-10-19-27-20(30-28-19)18-9-4-5-11-24-18/h4-9,11,13,16H,3,10,12,14H2,1-2H3,(H2,23,25,26). The molecule has 1 aromatic carbocycles. The van der Waals surface area contributed by atoms with Crippen molar-refractivity contribution in [2.75, 3.05) is 20.1 Å². The summed E-state index contributed by atoms with van der Waals surface area (Å²) in [5.41, 5.74) is 0.644. The molecular weight excluding hydrogens is 387 g/mol. The topological polar surface area (TPSA) is 97.5 Å². The van der Waals surface area contributed by atoms with Gasteiger partial charge in [0.25, 0.3) is 5.89 Å². The second-order valence-electron chi connectivity index (χ2n) is 6.47. The van der Waals surface area contributed by atoms with Gasteiger partial charge in [-0.25, -0.2) is 4.39 Å². The van der Waals surface area contributed by atoms with Crippen LogP contribution in [0.5, 0.6) is 5.75 Å². The predicted molar refractivity (Wildman–Crippen MR) is 112 cm³/mol. The van der Waals surface area contributed by atoms with E-state index in [0.29, 0.717) is 48.6 Å². The highest BCUT2D eigenvalue weighted by Crippen LogP contribution is 2.15. The highest BCUT2D eigenvalue weighted by Gasteiger charge is 2.11. The van der Waals surface area contributed by atoms with E-state index in [4.69, 9.17) is 9.26 Å². The van der Waals surface area contributed by atoms with Gasteiger partial charge in [0.1, 0.15) is 23.4 Å². The summed E-state index contributed by atoms with van der Waals surface area (Å²) in [5.74, 6) is 1.80. The second-order valence-corrected chi connectivity index (χ2v) is 6.47. The van der Waals surface area contributed by atoms with Gasteiger partial charge in [-0.2, -0.15) is 4.98 Å². The fraction of sp³-hybridized carbons (Fsp3) is 0.333. The fourth-order valence-electron chi connectivity index (χ4n) is 2.67. The molecule has 0 amide bonds. The van der Waals surface area contributed by atoms with Crippen LogP contribution in [-0.2, 0) is 6.42 Å². The van der Waals surface area contributed by atoms with Gasteiger partial charge in [-0.1, -0.05) is 24.2 Å². The third kappa shape index (κ3) is 6.26. The number of benzene rings is 1. The number of halogens is 1. The summed E-state index contributed by atoms with van der Waals surface area (Å²) in [6, 6.07) is 11.6. The quantitative estimate of drug-likeness (QED) is 0.412. The summed E-state index contributed by atoms with van der Waals surface area (Å²) in [5, 5.41) is 10.4. The predicted octanol–water partition coefficient (Wildman–Crippen LogP) is 2.84. The molecule has 0 bridgehead atoms. The normalized spacial score (nSPS) is 12.4. The van der Waals surface area contributed by atoms with E-state index in [-0.39, 0.29) is 11.9 Å². The average Bonchev–Trinajstić information content (AvgIpc) is 3.24. The maximum atomic E-state index is 13.3. The Morgan fingerprint density at radius 1 is 1.23 bits per heavy atom. The molecule has 0 spiro atoms. The Hall–Kier alpha value is -3.49. The number of nitrogens with one attached hydrogen (secondary N) is 2. The van der Waals surface area contributed by atoms with E-state index in [2.05, 4.69) is 30.8 Å². The van der Waals surface area contributed by atoms with Crippen molar-refractivity contribution in [3.63, 3.8) is 0 Å². The molecule has 0 aliphatic heterocycles. The van der Waals surface area contributed by atoms with Gasteiger partial charge in [0, 0.05) is 32.3 Å². The summed E-state index contributed by atoms with van der Waals surface area (Å²) >= 11 is 0. The number of aliphatic imine (C=N–C) groups is 1. The van der Waals surface area contributed by atoms with Crippen LogP contribution < -0.4 is 15.4 Å². The molecule has 3 aromatic rings. The molecule has 0 aliphatic rings. The molecule has 0 fully saturated rings. The van der Waals surface area contributed by atoms with E-state index in [1.807, 2.05) is 25.1 Å². The number of guanidine groups is 1. The first-order chi connectivity index (χ1) is 14.7. The molecule has 30 heavy (non-hydrogen) atoms. The third-order valence-electron chi connectivity index (χ3n) is 4.27. The van der Waals surface area contributed by atoms with Crippen molar-refractivity contribution in [3.8, 4) is 17.3 Å². The van der Waals surface area contributed by atoms with Gasteiger partial charge in [0.15, 0.2) is 11.8 Å². The van der Waals surface area contributed by atoms with E-state index < -0.39 is 0 Å². The zero-order valence-electron chi connectivity index (χ0n) is 17.0. The van der Waals surface area contributed by atoms with E-state index in [9.17, 15) is 4.39 Å². The van der Waals surface area contributed by atoms with E-state index in [1.165, 1.54) is 12.1 Å². The Kier molecular flexibility index (Phi) is 7.71. The minimum absolute atomic E-state index is 0.122. The molecule has 3 rings (SSSR count). The summed E-state index contributed by atoms with van der Waals surface area (Å²) in [6.07, 6.45) is 2.88. The molecule has 2 heterocycles. The number of pyridine rings is 1. The molecule has 8 nitrogen and oxygen atoms in total. The van der Waals surface area contributed by atoms with Crippen LogP contribution in [0, 0.1) is 5.82 Å². The first-order valence-electron chi connectivity index (χ1n) is 9.78. The number of rotatable bonds is 9. The van der Waals surface area contributed by atoms with Crippen molar-refractivity contribution >= 4 is 5.96 Å². The van der Waals surface area contributed by atoms with Gasteiger partial charge >= 0.3 is 0 Å². The van der Waals surface area contributed by atoms with Crippen LogP contribution in [0.3, 0.4) is 0 Å². The molecule has 0 radical (unpaired) electrons. The fourth-order valence-corrected chi connectivity index (χ4v) is 2.67. The maximum Gasteiger partial charge on any atom is 0.276 e. The van der Waals surface area contributed by atoms with E-state index in [0.717, 1.165) is 6.42 Å². The lowest BCUT2D eigenvalue weighted by atomic mass is 10.2.